The Kier molecular flexibility index (Phi) is 9.31. The maximum atomic E-state index is 14.5. The molecule has 1 aromatic heterocycles. The monoisotopic (exact) mass is 631 g/mol. The molecule has 2 atom stereocenters. The SMILES string of the molecule is CC(=O)c1cn(CC(=O)N2C[C@H](F)C[C@H]2C(=O)NCc2cccc(Cl)c2F)c2ccc(OC(=O)NCC3=NCSC3)cc12. The Morgan fingerprint density at radius 1 is 1.16 bits per heavy atom. The van der Waals surface area contributed by atoms with Crippen molar-refractivity contribution in [1.82, 2.24) is 20.1 Å². The van der Waals surface area contributed by atoms with Crippen molar-refractivity contribution >= 4 is 63.7 Å². The van der Waals surface area contributed by atoms with Crippen LogP contribution in [0.1, 0.15) is 29.3 Å². The van der Waals surface area contributed by atoms with Gasteiger partial charge in [0.05, 0.1) is 24.0 Å². The van der Waals surface area contributed by atoms with Gasteiger partial charge in [0, 0.05) is 52.7 Å². The lowest BCUT2D eigenvalue weighted by Gasteiger charge is -2.24. The van der Waals surface area contributed by atoms with Gasteiger partial charge >= 0.3 is 6.09 Å². The van der Waals surface area contributed by atoms with Gasteiger partial charge in [-0.25, -0.2) is 13.6 Å². The molecule has 2 aromatic carbocycles. The highest BCUT2D eigenvalue weighted by Crippen LogP contribution is 2.28. The Morgan fingerprint density at radius 2 is 1.98 bits per heavy atom. The Balaban J connectivity index is 1.28. The number of rotatable bonds is 9. The van der Waals surface area contributed by atoms with E-state index < -0.39 is 35.9 Å². The smallest absolute Gasteiger partial charge is 0.410 e. The van der Waals surface area contributed by atoms with Crippen molar-refractivity contribution in [1.29, 1.82) is 0 Å². The molecule has 1 fully saturated rings. The number of ketones is 1. The summed E-state index contributed by atoms with van der Waals surface area (Å²) < 4.78 is 35.6. The second kappa shape index (κ2) is 13.1. The number of likely N-dealkylation sites (tertiary alicyclic amines) is 1. The predicted molar refractivity (Wildman–Crippen MR) is 159 cm³/mol. The molecule has 1 saturated heterocycles. The lowest BCUT2D eigenvalue weighted by atomic mass is 10.1. The highest BCUT2D eigenvalue weighted by Gasteiger charge is 2.39. The highest BCUT2D eigenvalue weighted by molar-refractivity contribution is 8.00. The summed E-state index contributed by atoms with van der Waals surface area (Å²) in [7, 11) is 0. The summed E-state index contributed by atoms with van der Waals surface area (Å²) in [6, 6.07) is 7.99. The van der Waals surface area contributed by atoms with E-state index in [1.54, 1.807) is 23.9 Å². The minimum atomic E-state index is -1.41. The van der Waals surface area contributed by atoms with Gasteiger partial charge in [0.2, 0.25) is 11.8 Å². The zero-order valence-corrected chi connectivity index (χ0v) is 24.6. The summed E-state index contributed by atoms with van der Waals surface area (Å²) >= 11 is 7.45. The molecule has 226 valence electrons. The number of carbonyl (C=O) groups excluding carboxylic acids is 4. The van der Waals surface area contributed by atoms with Crippen molar-refractivity contribution < 1.29 is 32.7 Å². The number of hydrogen-bond acceptors (Lipinski definition) is 7. The summed E-state index contributed by atoms with van der Waals surface area (Å²) in [6.45, 7) is 0.918. The van der Waals surface area contributed by atoms with E-state index in [0.29, 0.717) is 22.3 Å². The van der Waals surface area contributed by atoms with Crippen LogP contribution in [-0.2, 0) is 22.7 Å². The Hall–Kier alpha value is -3.97. The number of nitrogens with zero attached hydrogens (tertiary/aromatic N) is 3. The van der Waals surface area contributed by atoms with E-state index >= 15 is 0 Å². The lowest BCUT2D eigenvalue weighted by molar-refractivity contribution is -0.139. The van der Waals surface area contributed by atoms with E-state index in [4.69, 9.17) is 16.3 Å². The number of nitrogens with one attached hydrogen (secondary N) is 2. The minimum Gasteiger partial charge on any atom is -0.410 e. The zero-order chi connectivity index (χ0) is 30.7. The normalized spacial score (nSPS) is 18.0. The van der Waals surface area contributed by atoms with E-state index in [-0.39, 0.29) is 54.7 Å². The van der Waals surface area contributed by atoms with Crippen molar-refractivity contribution in [3.05, 3.63) is 64.6 Å². The number of alkyl halides is 1. The molecular formula is C29H28ClF2N5O5S. The van der Waals surface area contributed by atoms with Gasteiger partial charge in [-0.2, -0.15) is 0 Å². The number of carbonyl (C=O) groups is 4. The molecule has 3 heterocycles. The van der Waals surface area contributed by atoms with Crippen LogP contribution in [0.25, 0.3) is 10.9 Å². The number of fused-ring (bicyclic) bond motifs is 1. The van der Waals surface area contributed by atoms with Crippen LogP contribution >= 0.6 is 23.4 Å². The topological polar surface area (TPSA) is 122 Å². The van der Waals surface area contributed by atoms with E-state index in [9.17, 15) is 28.0 Å². The van der Waals surface area contributed by atoms with Crippen LogP contribution in [-0.4, -0.2) is 75.8 Å². The first-order chi connectivity index (χ1) is 20.6. The van der Waals surface area contributed by atoms with Gasteiger partial charge < -0.3 is 24.8 Å². The van der Waals surface area contributed by atoms with Crippen LogP contribution in [0.4, 0.5) is 13.6 Å². The largest absolute Gasteiger partial charge is 0.412 e. The van der Waals surface area contributed by atoms with Crippen LogP contribution in [0.15, 0.2) is 47.6 Å². The number of thioether (sulfide) groups is 1. The number of ether oxygens (including phenoxy) is 1. The predicted octanol–water partition coefficient (Wildman–Crippen LogP) is 4.13. The first kappa shape index (κ1) is 30.5. The van der Waals surface area contributed by atoms with Crippen LogP contribution in [0, 0.1) is 5.82 Å². The first-order valence-corrected chi connectivity index (χ1v) is 15.0. The third-order valence-corrected chi connectivity index (χ3v) is 8.33. The maximum absolute atomic E-state index is 14.5. The number of hydrogen-bond donors (Lipinski definition) is 2. The number of aliphatic imine (C=N–C) groups is 1. The second-order valence-corrected chi connectivity index (χ2v) is 11.5. The highest BCUT2D eigenvalue weighted by atomic mass is 35.5. The van der Waals surface area contributed by atoms with Gasteiger partial charge in [0.25, 0.3) is 0 Å². The number of aromatic nitrogens is 1. The Morgan fingerprint density at radius 3 is 2.72 bits per heavy atom. The van der Waals surface area contributed by atoms with Crippen molar-refractivity contribution in [2.75, 3.05) is 24.7 Å². The number of halogens is 3. The zero-order valence-electron chi connectivity index (χ0n) is 23.1. The van der Waals surface area contributed by atoms with Gasteiger partial charge in [-0.15, -0.1) is 11.8 Å². The third kappa shape index (κ3) is 6.99. The molecule has 14 heteroatoms. The van der Waals surface area contributed by atoms with Crippen molar-refractivity contribution in [3.8, 4) is 5.75 Å². The Bertz CT molecular complexity index is 1630. The molecule has 3 amide bonds. The van der Waals surface area contributed by atoms with Gasteiger partial charge in [-0.05, 0) is 31.2 Å². The van der Waals surface area contributed by atoms with Crippen molar-refractivity contribution in [2.24, 2.45) is 4.99 Å². The maximum Gasteiger partial charge on any atom is 0.412 e. The van der Waals surface area contributed by atoms with Gasteiger partial charge in [0.1, 0.15) is 30.3 Å². The van der Waals surface area contributed by atoms with E-state index in [0.717, 1.165) is 16.4 Å². The van der Waals surface area contributed by atoms with Crippen LogP contribution in [0.2, 0.25) is 5.02 Å². The molecule has 43 heavy (non-hydrogen) atoms. The molecule has 0 bridgehead atoms. The first-order valence-electron chi connectivity index (χ1n) is 13.4. The summed E-state index contributed by atoms with van der Waals surface area (Å²) in [5, 5.41) is 5.59. The van der Waals surface area contributed by atoms with E-state index in [1.807, 2.05) is 0 Å². The van der Waals surface area contributed by atoms with E-state index in [1.165, 1.54) is 42.0 Å². The molecule has 3 aromatic rings. The average molecular weight is 632 g/mol. The molecular weight excluding hydrogens is 604 g/mol. The van der Waals surface area contributed by atoms with Crippen LogP contribution in [0.5, 0.6) is 5.75 Å². The van der Waals surface area contributed by atoms with Crippen LogP contribution in [0.3, 0.4) is 0 Å². The third-order valence-electron chi connectivity index (χ3n) is 7.19. The second-order valence-electron chi connectivity index (χ2n) is 10.2. The molecule has 0 radical (unpaired) electrons. The molecule has 2 N–H and O–H groups in total. The molecule has 5 rings (SSSR count). The molecule has 2 aliphatic heterocycles. The summed E-state index contributed by atoms with van der Waals surface area (Å²) in [4.78, 5) is 56.5. The summed E-state index contributed by atoms with van der Waals surface area (Å²) in [5.74, 6) is -0.473. The molecule has 0 saturated carbocycles. The Labute approximate surface area is 254 Å². The van der Waals surface area contributed by atoms with Gasteiger partial charge in [-0.1, -0.05) is 23.7 Å². The number of benzene rings is 2. The lowest BCUT2D eigenvalue weighted by Crippen LogP contribution is -2.46. The summed E-state index contributed by atoms with van der Waals surface area (Å²) in [5.41, 5.74) is 1.84. The fourth-order valence-corrected chi connectivity index (χ4v) is 6.04. The molecule has 0 spiro atoms. The summed E-state index contributed by atoms with van der Waals surface area (Å²) in [6.07, 6.45) is -0.780. The quantitative estimate of drug-likeness (QED) is 0.343. The number of amides is 3. The number of Topliss-reactive ketones (excluding diaryl/α,β-unsaturated/α-hetero) is 1. The average Bonchev–Trinajstić information content (AvgIpc) is 3.72. The fourth-order valence-electron chi connectivity index (χ4n) is 5.05. The van der Waals surface area contributed by atoms with Crippen LogP contribution < -0.4 is 15.4 Å². The van der Waals surface area contributed by atoms with Crippen molar-refractivity contribution in [2.45, 2.75) is 38.6 Å². The molecule has 2 aliphatic rings. The van der Waals surface area contributed by atoms with E-state index in [2.05, 4.69) is 15.6 Å². The van der Waals surface area contributed by atoms with Gasteiger partial charge in [0.15, 0.2) is 5.78 Å². The molecule has 0 unspecified atom stereocenters. The molecule has 10 nitrogen and oxygen atoms in total. The molecule has 0 aliphatic carbocycles. The van der Waals surface area contributed by atoms with Gasteiger partial charge in [-0.3, -0.25) is 19.4 Å². The minimum absolute atomic E-state index is 0.0897. The standard InChI is InChI=1S/C29H28ClF2N5O5S/c1-16(38)22-12-36(24-6-5-20(8-21(22)24)42-29(41)34-10-19-14-43-15-35-19)13-26(39)37-11-18(31)7-25(37)28(40)33-9-17-3-2-4-23(30)27(17)32/h2-6,8,12,18,25H,7,9-11,13-15H2,1H3,(H,33,40)(H,34,41)/t18-,25+/m1/s1. The van der Waals surface area contributed by atoms with Crippen molar-refractivity contribution in [3.63, 3.8) is 0 Å². The fraction of sp³-hybridized carbons (Fsp3) is 0.345.